The van der Waals surface area contributed by atoms with E-state index in [9.17, 15) is 13.2 Å². The van der Waals surface area contributed by atoms with Crippen molar-refractivity contribution in [2.75, 3.05) is 18.1 Å². The quantitative estimate of drug-likeness (QED) is 0.589. The highest BCUT2D eigenvalue weighted by molar-refractivity contribution is 8.12. The van der Waals surface area contributed by atoms with Crippen LogP contribution in [0.25, 0.3) is 0 Å². The highest BCUT2D eigenvalue weighted by Gasteiger charge is 2.34. The molecule has 1 amide bonds. The summed E-state index contributed by atoms with van der Waals surface area (Å²) < 4.78 is 27.4. The Labute approximate surface area is 75.2 Å². The molecule has 12 heavy (non-hydrogen) atoms. The van der Waals surface area contributed by atoms with Crippen LogP contribution in [-0.4, -0.2) is 36.3 Å². The van der Waals surface area contributed by atoms with Crippen LogP contribution in [0, 0.1) is 0 Å². The lowest BCUT2D eigenvalue weighted by Gasteiger charge is -2.11. The first-order valence-electron chi connectivity index (χ1n) is 3.40. The van der Waals surface area contributed by atoms with E-state index in [1.807, 2.05) is 0 Å². The second kappa shape index (κ2) is 3.53. The van der Waals surface area contributed by atoms with Crippen molar-refractivity contribution in [1.29, 1.82) is 0 Å². The Hall–Kier alpha value is -0.430. The molecule has 1 aliphatic rings. The zero-order chi connectivity index (χ0) is 9.19. The number of rotatable bonds is 1. The summed E-state index contributed by atoms with van der Waals surface area (Å²) >= 11 is 0.968. The Morgan fingerprint density at radius 3 is 2.75 bits per heavy atom. The summed E-state index contributed by atoms with van der Waals surface area (Å²) in [6.45, 7) is 1.82. The third-order valence-corrected chi connectivity index (χ3v) is 4.62. The van der Waals surface area contributed by atoms with Crippen molar-refractivity contribution in [2.24, 2.45) is 0 Å². The molecule has 1 aliphatic heterocycles. The van der Waals surface area contributed by atoms with Crippen LogP contribution in [0.3, 0.4) is 0 Å². The fourth-order valence-corrected chi connectivity index (χ4v) is 3.73. The molecule has 0 aromatic heterocycles. The summed E-state index contributed by atoms with van der Waals surface area (Å²) in [5, 5.41) is 0. The van der Waals surface area contributed by atoms with E-state index in [4.69, 9.17) is 0 Å². The second-order valence-corrected chi connectivity index (χ2v) is 5.28. The van der Waals surface area contributed by atoms with Gasteiger partial charge >= 0.3 is 6.09 Å². The van der Waals surface area contributed by atoms with Gasteiger partial charge in [0, 0.05) is 5.75 Å². The number of hydrogen-bond acceptors (Lipinski definition) is 5. The van der Waals surface area contributed by atoms with Crippen molar-refractivity contribution in [2.45, 2.75) is 6.92 Å². The van der Waals surface area contributed by atoms with E-state index in [1.165, 1.54) is 0 Å². The first-order chi connectivity index (χ1) is 5.58. The highest BCUT2D eigenvalue weighted by Crippen LogP contribution is 2.25. The average molecular weight is 211 g/mol. The molecule has 0 N–H and O–H groups in total. The molecule has 1 heterocycles. The molecule has 1 rings (SSSR count). The smallest absolute Gasteiger partial charge is 0.434 e. The van der Waals surface area contributed by atoms with Gasteiger partial charge in [0.15, 0.2) is 0 Å². The predicted molar refractivity (Wildman–Crippen MR) is 45.1 cm³/mol. The van der Waals surface area contributed by atoms with Crippen molar-refractivity contribution in [3.63, 3.8) is 0 Å². The van der Waals surface area contributed by atoms with Crippen molar-refractivity contribution in [3.05, 3.63) is 0 Å². The lowest BCUT2D eigenvalue weighted by atomic mass is 10.9. The van der Waals surface area contributed by atoms with E-state index in [1.54, 1.807) is 6.92 Å². The van der Waals surface area contributed by atoms with Crippen LogP contribution in [0.1, 0.15) is 6.92 Å². The van der Waals surface area contributed by atoms with Crippen LogP contribution in [0.5, 0.6) is 0 Å². The van der Waals surface area contributed by atoms with Gasteiger partial charge in [0.05, 0.1) is 12.4 Å². The fraction of sp³-hybridized carbons (Fsp3) is 0.800. The Morgan fingerprint density at radius 1 is 1.67 bits per heavy atom. The van der Waals surface area contributed by atoms with Crippen molar-refractivity contribution < 1.29 is 17.9 Å². The fourth-order valence-electron chi connectivity index (χ4n) is 0.731. The zero-order valence-corrected chi connectivity index (χ0v) is 8.15. The number of amides is 1. The molecular weight excluding hydrogens is 202 g/mol. The number of sulfonamides is 1. The van der Waals surface area contributed by atoms with Gasteiger partial charge in [-0.1, -0.05) is 0 Å². The van der Waals surface area contributed by atoms with Gasteiger partial charge in [-0.15, -0.1) is 3.71 Å². The zero-order valence-electron chi connectivity index (χ0n) is 6.52. The standard InChI is InChI=1S/C5H9NO4S2/c1-2-10-5(7)6-11-3-4-12(6,8)9/h2-4H2,1H3. The topological polar surface area (TPSA) is 63.7 Å². The number of ether oxygens (including phenoxy) is 1. The molecule has 0 saturated carbocycles. The second-order valence-electron chi connectivity index (χ2n) is 2.08. The number of carbonyl (C=O) groups is 1. The molecule has 0 bridgehead atoms. The molecule has 0 atom stereocenters. The minimum atomic E-state index is -3.39. The minimum Gasteiger partial charge on any atom is -0.448 e. The largest absolute Gasteiger partial charge is 0.448 e. The van der Waals surface area contributed by atoms with Crippen molar-refractivity contribution in [1.82, 2.24) is 3.71 Å². The van der Waals surface area contributed by atoms with E-state index >= 15 is 0 Å². The minimum absolute atomic E-state index is 0.0104. The van der Waals surface area contributed by atoms with Crippen molar-refractivity contribution in [3.8, 4) is 0 Å². The average Bonchev–Trinajstić information content (AvgIpc) is 2.30. The molecule has 70 valence electrons. The van der Waals surface area contributed by atoms with Gasteiger partial charge in [0.2, 0.25) is 0 Å². The number of carbonyl (C=O) groups excluding carboxylic acids is 1. The maximum atomic E-state index is 11.1. The van der Waals surface area contributed by atoms with E-state index in [0.717, 1.165) is 11.9 Å². The lowest BCUT2D eigenvalue weighted by Crippen LogP contribution is -2.28. The van der Waals surface area contributed by atoms with Gasteiger partial charge in [-0.2, -0.15) is 0 Å². The maximum Gasteiger partial charge on any atom is 0.434 e. The molecule has 0 spiro atoms. The van der Waals surface area contributed by atoms with Gasteiger partial charge in [-0.05, 0) is 18.9 Å². The van der Waals surface area contributed by atoms with E-state index in [2.05, 4.69) is 4.74 Å². The first kappa shape index (κ1) is 9.66. The normalized spacial score (nSPS) is 20.9. The van der Waals surface area contributed by atoms with Crippen LogP contribution in [0.2, 0.25) is 0 Å². The molecule has 5 nitrogen and oxygen atoms in total. The summed E-state index contributed by atoms with van der Waals surface area (Å²) in [4.78, 5) is 11.0. The molecule has 0 aromatic rings. The van der Waals surface area contributed by atoms with Crippen LogP contribution >= 0.6 is 11.9 Å². The van der Waals surface area contributed by atoms with Gasteiger partial charge in [-0.3, -0.25) is 0 Å². The molecule has 1 fully saturated rings. The van der Waals surface area contributed by atoms with Crippen LogP contribution < -0.4 is 0 Å². The molecular formula is C5H9NO4S2. The maximum absolute atomic E-state index is 11.1. The van der Waals surface area contributed by atoms with Gasteiger partial charge in [0.25, 0.3) is 10.0 Å². The van der Waals surface area contributed by atoms with Crippen molar-refractivity contribution >= 4 is 28.1 Å². The number of nitrogens with zero attached hydrogens (tertiary/aromatic N) is 1. The van der Waals surface area contributed by atoms with E-state index in [0.29, 0.717) is 9.46 Å². The molecule has 0 unspecified atom stereocenters. The van der Waals surface area contributed by atoms with Crippen LogP contribution in [-0.2, 0) is 14.8 Å². The summed E-state index contributed by atoms with van der Waals surface area (Å²) in [5.74, 6) is 0.428. The molecule has 0 aliphatic carbocycles. The SMILES string of the molecule is CCOC(=O)N1SCCS1(=O)=O. The molecule has 0 radical (unpaired) electrons. The first-order valence-corrected chi connectivity index (χ1v) is 5.96. The molecule has 0 aromatic carbocycles. The molecule has 1 saturated heterocycles. The third kappa shape index (κ3) is 1.84. The third-order valence-electron chi connectivity index (χ3n) is 1.22. The summed E-state index contributed by atoms with van der Waals surface area (Å²) in [6, 6.07) is 0. The lowest BCUT2D eigenvalue weighted by molar-refractivity contribution is 0.147. The van der Waals surface area contributed by atoms with Gasteiger partial charge in [-0.25, -0.2) is 13.2 Å². The van der Waals surface area contributed by atoms with Gasteiger partial charge < -0.3 is 4.74 Å². The Balaban J connectivity index is 2.69. The summed E-state index contributed by atoms with van der Waals surface area (Å²) in [6.07, 6.45) is -0.792. The summed E-state index contributed by atoms with van der Waals surface area (Å²) in [7, 11) is -3.39. The predicted octanol–water partition coefficient (Wildman–Crippen LogP) is 0.437. The van der Waals surface area contributed by atoms with Gasteiger partial charge in [0.1, 0.15) is 0 Å². The number of hydrogen-bond donors (Lipinski definition) is 0. The monoisotopic (exact) mass is 211 g/mol. The van der Waals surface area contributed by atoms with Crippen LogP contribution in [0.4, 0.5) is 4.79 Å². The Bertz CT molecular complexity index is 273. The van der Waals surface area contributed by atoms with E-state index in [-0.39, 0.29) is 12.4 Å². The van der Waals surface area contributed by atoms with E-state index < -0.39 is 16.1 Å². The molecule has 7 heteroatoms. The summed E-state index contributed by atoms with van der Waals surface area (Å²) in [5.41, 5.74) is 0. The highest BCUT2D eigenvalue weighted by atomic mass is 32.3. The van der Waals surface area contributed by atoms with Crippen LogP contribution in [0.15, 0.2) is 0 Å². The Morgan fingerprint density at radius 2 is 2.33 bits per heavy atom. The Kier molecular flexibility index (Phi) is 2.84.